The Morgan fingerprint density at radius 2 is 2.15 bits per heavy atom. The van der Waals surface area contributed by atoms with Crippen LogP contribution in [0.5, 0.6) is 0 Å². The predicted molar refractivity (Wildman–Crippen MR) is 79.0 cm³/mol. The lowest BCUT2D eigenvalue weighted by Gasteiger charge is -2.27. The Kier molecular flexibility index (Phi) is 5.88. The number of nitrogens with one attached hydrogen (secondary N) is 1. The summed E-state index contributed by atoms with van der Waals surface area (Å²) in [5.41, 5.74) is -0.503. The third-order valence-corrected chi connectivity index (χ3v) is 3.11. The molecule has 0 spiro atoms. The van der Waals surface area contributed by atoms with Crippen LogP contribution in [0.3, 0.4) is 0 Å². The molecule has 112 valence electrons. The number of aliphatic hydroxyl groups is 1. The minimum Gasteiger partial charge on any atom is -0.388 e. The third kappa shape index (κ3) is 5.05. The van der Waals surface area contributed by atoms with Crippen LogP contribution in [-0.4, -0.2) is 47.7 Å². The number of hydrogen-bond donors (Lipinski definition) is 2. The maximum atomic E-state index is 10.9. The Bertz CT molecular complexity index is 478. The zero-order valence-corrected chi connectivity index (χ0v) is 12.6. The molecule has 6 nitrogen and oxygen atoms in total. The van der Waals surface area contributed by atoms with Gasteiger partial charge in [-0.15, -0.1) is 0 Å². The van der Waals surface area contributed by atoms with Crippen molar-refractivity contribution in [3.8, 4) is 0 Å². The SMILES string of the molecule is CN(C)CC(C)(O)CNCc1c(Cl)cccc1[N+](=O)[O-]. The molecule has 0 amide bonds. The summed E-state index contributed by atoms with van der Waals surface area (Å²) < 4.78 is 0. The molecule has 0 aliphatic heterocycles. The topological polar surface area (TPSA) is 78.6 Å². The van der Waals surface area contributed by atoms with Crippen molar-refractivity contribution < 1.29 is 10.0 Å². The fourth-order valence-corrected chi connectivity index (χ4v) is 2.32. The monoisotopic (exact) mass is 301 g/mol. The lowest BCUT2D eigenvalue weighted by Crippen LogP contribution is -2.45. The molecular weight excluding hydrogens is 282 g/mol. The zero-order chi connectivity index (χ0) is 15.3. The van der Waals surface area contributed by atoms with Gasteiger partial charge in [0.2, 0.25) is 0 Å². The van der Waals surface area contributed by atoms with Crippen LogP contribution >= 0.6 is 11.6 Å². The van der Waals surface area contributed by atoms with Crippen molar-refractivity contribution in [1.29, 1.82) is 0 Å². The molecule has 0 aliphatic rings. The lowest BCUT2D eigenvalue weighted by molar-refractivity contribution is -0.385. The number of benzene rings is 1. The molecule has 1 rings (SSSR count). The first-order chi connectivity index (χ1) is 9.23. The molecule has 0 heterocycles. The predicted octanol–water partition coefficient (Wildman–Crippen LogP) is 1.65. The first-order valence-electron chi connectivity index (χ1n) is 6.22. The van der Waals surface area contributed by atoms with E-state index in [0.717, 1.165) is 0 Å². The van der Waals surface area contributed by atoms with Crippen LogP contribution in [0, 0.1) is 10.1 Å². The van der Waals surface area contributed by atoms with Crippen LogP contribution in [0.25, 0.3) is 0 Å². The van der Waals surface area contributed by atoms with Gasteiger partial charge in [-0.05, 0) is 27.1 Å². The standard InChI is InChI=1S/C13H20ClN3O3/c1-13(18,9-16(2)3)8-15-7-10-11(14)5-4-6-12(10)17(19)20/h4-6,15,18H,7-9H2,1-3H3. The molecule has 1 aromatic rings. The van der Waals surface area contributed by atoms with Crippen molar-refractivity contribution in [3.05, 3.63) is 38.9 Å². The summed E-state index contributed by atoms with van der Waals surface area (Å²) in [4.78, 5) is 12.4. The van der Waals surface area contributed by atoms with E-state index < -0.39 is 10.5 Å². The fourth-order valence-electron chi connectivity index (χ4n) is 2.09. The molecule has 20 heavy (non-hydrogen) atoms. The Balaban J connectivity index is 2.69. The molecule has 0 fully saturated rings. The average Bonchev–Trinajstić information content (AvgIpc) is 2.28. The molecule has 1 atom stereocenters. The van der Waals surface area contributed by atoms with Crippen molar-refractivity contribution in [2.75, 3.05) is 27.2 Å². The number of nitro groups is 1. The quantitative estimate of drug-likeness (QED) is 0.591. The Hall–Kier alpha value is -1.21. The van der Waals surface area contributed by atoms with Crippen LogP contribution < -0.4 is 5.32 Å². The van der Waals surface area contributed by atoms with Crippen LogP contribution in [0.2, 0.25) is 5.02 Å². The summed E-state index contributed by atoms with van der Waals surface area (Å²) in [6.07, 6.45) is 0. The molecule has 7 heteroatoms. The normalized spacial score (nSPS) is 14.3. The molecule has 1 unspecified atom stereocenters. The number of nitro benzene ring substituents is 1. The molecule has 0 saturated carbocycles. The number of hydrogen-bond acceptors (Lipinski definition) is 5. The van der Waals surface area contributed by atoms with Gasteiger partial charge < -0.3 is 15.3 Å². The molecule has 0 saturated heterocycles. The minimum absolute atomic E-state index is 0.0164. The number of nitrogens with zero attached hydrogens (tertiary/aromatic N) is 2. The van der Waals surface area contributed by atoms with E-state index in [1.54, 1.807) is 19.1 Å². The van der Waals surface area contributed by atoms with E-state index in [0.29, 0.717) is 23.7 Å². The lowest BCUT2D eigenvalue weighted by atomic mass is 10.1. The summed E-state index contributed by atoms with van der Waals surface area (Å²) in [6, 6.07) is 4.58. The summed E-state index contributed by atoms with van der Waals surface area (Å²) in [5.74, 6) is 0. The summed E-state index contributed by atoms with van der Waals surface area (Å²) in [5, 5.41) is 24.4. The van der Waals surface area contributed by atoms with Gasteiger partial charge in [0.25, 0.3) is 5.69 Å². The van der Waals surface area contributed by atoms with Crippen molar-refractivity contribution >= 4 is 17.3 Å². The maximum Gasteiger partial charge on any atom is 0.275 e. The summed E-state index contributed by atoms with van der Waals surface area (Å²) >= 11 is 5.99. The van der Waals surface area contributed by atoms with Gasteiger partial charge in [-0.25, -0.2) is 0 Å². The maximum absolute atomic E-state index is 10.9. The number of halogens is 1. The van der Waals surface area contributed by atoms with E-state index in [2.05, 4.69) is 5.32 Å². The van der Waals surface area contributed by atoms with E-state index >= 15 is 0 Å². The second-order valence-corrected chi connectivity index (χ2v) is 5.74. The highest BCUT2D eigenvalue weighted by Gasteiger charge is 2.22. The van der Waals surface area contributed by atoms with E-state index in [4.69, 9.17) is 11.6 Å². The van der Waals surface area contributed by atoms with Gasteiger partial charge >= 0.3 is 0 Å². The van der Waals surface area contributed by atoms with Crippen molar-refractivity contribution in [2.45, 2.75) is 19.1 Å². The van der Waals surface area contributed by atoms with Gasteiger partial charge in [0.1, 0.15) is 0 Å². The second-order valence-electron chi connectivity index (χ2n) is 5.33. The van der Waals surface area contributed by atoms with Gasteiger partial charge in [0, 0.05) is 25.7 Å². The Morgan fingerprint density at radius 3 is 2.70 bits per heavy atom. The van der Waals surface area contributed by atoms with E-state index in [9.17, 15) is 15.2 Å². The molecule has 0 aliphatic carbocycles. The Morgan fingerprint density at radius 1 is 1.50 bits per heavy atom. The minimum atomic E-state index is -0.917. The molecular formula is C13H20ClN3O3. The highest BCUT2D eigenvalue weighted by Crippen LogP contribution is 2.25. The third-order valence-electron chi connectivity index (χ3n) is 2.76. The second kappa shape index (κ2) is 6.99. The molecule has 0 radical (unpaired) electrons. The van der Waals surface area contributed by atoms with Gasteiger partial charge in [0.15, 0.2) is 0 Å². The van der Waals surface area contributed by atoms with E-state index in [-0.39, 0.29) is 12.2 Å². The first-order valence-corrected chi connectivity index (χ1v) is 6.60. The zero-order valence-electron chi connectivity index (χ0n) is 11.9. The van der Waals surface area contributed by atoms with Gasteiger partial charge in [-0.2, -0.15) is 0 Å². The highest BCUT2D eigenvalue weighted by molar-refractivity contribution is 6.31. The van der Waals surface area contributed by atoms with Crippen LogP contribution in [-0.2, 0) is 6.54 Å². The molecule has 0 bridgehead atoms. The van der Waals surface area contributed by atoms with Crippen LogP contribution in [0.15, 0.2) is 18.2 Å². The molecule has 0 aromatic heterocycles. The largest absolute Gasteiger partial charge is 0.388 e. The van der Waals surface area contributed by atoms with Crippen LogP contribution in [0.4, 0.5) is 5.69 Å². The first kappa shape index (κ1) is 16.8. The summed E-state index contributed by atoms with van der Waals surface area (Å²) in [7, 11) is 3.74. The van der Waals surface area contributed by atoms with Gasteiger partial charge in [-0.1, -0.05) is 17.7 Å². The fraction of sp³-hybridized carbons (Fsp3) is 0.538. The Labute approximate surface area is 123 Å². The number of rotatable bonds is 7. The number of likely N-dealkylation sites (N-methyl/N-ethyl adjacent to an activating group) is 1. The van der Waals surface area contributed by atoms with E-state index in [1.165, 1.54) is 6.07 Å². The van der Waals surface area contributed by atoms with E-state index in [1.807, 2.05) is 19.0 Å². The molecule has 1 aromatic carbocycles. The van der Waals surface area contributed by atoms with Gasteiger partial charge in [0.05, 0.1) is 21.1 Å². The highest BCUT2D eigenvalue weighted by atomic mass is 35.5. The average molecular weight is 302 g/mol. The molecule has 2 N–H and O–H groups in total. The van der Waals surface area contributed by atoms with Crippen molar-refractivity contribution in [2.24, 2.45) is 0 Å². The van der Waals surface area contributed by atoms with Crippen LogP contribution in [0.1, 0.15) is 12.5 Å². The smallest absolute Gasteiger partial charge is 0.275 e. The summed E-state index contributed by atoms with van der Waals surface area (Å²) in [6.45, 7) is 2.75. The van der Waals surface area contributed by atoms with Crippen molar-refractivity contribution in [1.82, 2.24) is 10.2 Å². The van der Waals surface area contributed by atoms with Gasteiger partial charge in [-0.3, -0.25) is 10.1 Å². The van der Waals surface area contributed by atoms with Crippen molar-refractivity contribution in [3.63, 3.8) is 0 Å².